The normalized spacial score (nSPS) is 16.2. The van der Waals surface area contributed by atoms with Crippen LogP contribution in [0.15, 0.2) is 6.07 Å². The molecule has 1 aliphatic carbocycles. The standard InChI is InChI=1S/C13H14F2O4/c1-19-9-4-8(11(14)13(18)12(9)15)7(5-10(16)17)6-2-3-6/h4,6-7,18H,2-3,5H2,1H3,(H,16,17). The highest BCUT2D eigenvalue weighted by Gasteiger charge is 2.37. The monoisotopic (exact) mass is 272 g/mol. The van der Waals surface area contributed by atoms with E-state index in [-0.39, 0.29) is 23.7 Å². The maximum Gasteiger partial charge on any atom is 0.303 e. The lowest BCUT2D eigenvalue weighted by molar-refractivity contribution is -0.137. The summed E-state index contributed by atoms with van der Waals surface area (Å²) < 4.78 is 32.1. The fraction of sp³-hybridized carbons (Fsp3) is 0.462. The molecular formula is C13H14F2O4. The van der Waals surface area contributed by atoms with E-state index in [1.54, 1.807) is 0 Å². The average Bonchev–Trinajstić information content (AvgIpc) is 3.18. The molecule has 104 valence electrons. The first-order valence-electron chi connectivity index (χ1n) is 5.92. The molecule has 0 bridgehead atoms. The lowest BCUT2D eigenvalue weighted by atomic mass is 9.90. The van der Waals surface area contributed by atoms with Crippen molar-refractivity contribution in [2.45, 2.75) is 25.2 Å². The van der Waals surface area contributed by atoms with Crippen LogP contribution < -0.4 is 4.74 Å². The molecule has 1 fully saturated rings. The predicted octanol–water partition coefficient (Wildman–Crippen LogP) is 2.65. The number of ether oxygens (including phenoxy) is 1. The van der Waals surface area contributed by atoms with Gasteiger partial charge in [-0.3, -0.25) is 4.79 Å². The largest absolute Gasteiger partial charge is 0.503 e. The highest BCUT2D eigenvalue weighted by molar-refractivity contribution is 5.68. The molecule has 0 heterocycles. The van der Waals surface area contributed by atoms with Crippen LogP contribution in [0.25, 0.3) is 0 Å². The van der Waals surface area contributed by atoms with Gasteiger partial charge in [-0.15, -0.1) is 0 Å². The van der Waals surface area contributed by atoms with Crippen molar-refractivity contribution in [2.24, 2.45) is 5.92 Å². The van der Waals surface area contributed by atoms with Gasteiger partial charge in [-0.05, 0) is 30.4 Å². The van der Waals surface area contributed by atoms with E-state index in [0.717, 1.165) is 18.9 Å². The minimum absolute atomic E-state index is 0.000602. The summed E-state index contributed by atoms with van der Waals surface area (Å²) in [5, 5.41) is 18.3. The van der Waals surface area contributed by atoms with Gasteiger partial charge in [0.15, 0.2) is 17.3 Å². The van der Waals surface area contributed by atoms with Crippen molar-refractivity contribution >= 4 is 5.97 Å². The van der Waals surface area contributed by atoms with Crippen LogP contribution >= 0.6 is 0 Å². The van der Waals surface area contributed by atoms with Crippen LogP contribution in [0.5, 0.6) is 11.5 Å². The summed E-state index contributed by atoms with van der Waals surface area (Å²) in [6.07, 6.45) is 1.35. The number of hydrogen-bond acceptors (Lipinski definition) is 3. The van der Waals surface area contributed by atoms with Gasteiger partial charge >= 0.3 is 5.97 Å². The molecule has 0 aromatic heterocycles. The van der Waals surface area contributed by atoms with Gasteiger partial charge in [0.2, 0.25) is 5.82 Å². The van der Waals surface area contributed by atoms with Crippen molar-refractivity contribution in [3.8, 4) is 11.5 Å². The van der Waals surface area contributed by atoms with Gasteiger partial charge < -0.3 is 14.9 Å². The van der Waals surface area contributed by atoms with Crippen molar-refractivity contribution in [1.29, 1.82) is 0 Å². The Balaban J connectivity index is 2.46. The van der Waals surface area contributed by atoms with Crippen LogP contribution in [0.3, 0.4) is 0 Å². The van der Waals surface area contributed by atoms with Crippen LogP contribution in [0.4, 0.5) is 8.78 Å². The number of phenolic OH excluding ortho intramolecular Hbond substituents is 1. The molecule has 0 saturated heterocycles. The van der Waals surface area contributed by atoms with E-state index >= 15 is 0 Å². The first kappa shape index (κ1) is 13.6. The van der Waals surface area contributed by atoms with Gasteiger partial charge in [0.25, 0.3) is 0 Å². The number of carboxylic acid groups (broad SMARTS) is 1. The predicted molar refractivity (Wildman–Crippen MR) is 62.3 cm³/mol. The zero-order valence-corrected chi connectivity index (χ0v) is 10.3. The summed E-state index contributed by atoms with van der Waals surface area (Å²) in [6, 6.07) is 1.14. The van der Waals surface area contributed by atoms with E-state index in [1.165, 1.54) is 7.11 Å². The van der Waals surface area contributed by atoms with E-state index in [1.807, 2.05) is 0 Å². The van der Waals surface area contributed by atoms with Crippen molar-refractivity contribution in [3.05, 3.63) is 23.3 Å². The molecule has 2 N–H and O–H groups in total. The number of phenols is 1. The Morgan fingerprint density at radius 2 is 2.11 bits per heavy atom. The SMILES string of the molecule is COc1cc(C(CC(=O)O)C2CC2)c(F)c(O)c1F. The molecule has 1 atom stereocenters. The third-order valence-corrected chi connectivity index (χ3v) is 3.38. The number of rotatable bonds is 5. The number of benzene rings is 1. The number of methoxy groups -OCH3 is 1. The summed E-state index contributed by atoms with van der Waals surface area (Å²) in [5.74, 6) is -5.25. The molecule has 2 rings (SSSR count). The molecule has 0 spiro atoms. The van der Waals surface area contributed by atoms with Crippen LogP contribution in [-0.4, -0.2) is 23.3 Å². The van der Waals surface area contributed by atoms with Crippen molar-refractivity contribution in [3.63, 3.8) is 0 Å². The molecule has 1 aromatic rings. The minimum atomic E-state index is -1.17. The number of carboxylic acids is 1. The highest BCUT2D eigenvalue weighted by atomic mass is 19.1. The van der Waals surface area contributed by atoms with E-state index in [9.17, 15) is 18.7 Å². The molecule has 1 aromatic carbocycles. The minimum Gasteiger partial charge on any atom is -0.503 e. The van der Waals surface area contributed by atoms with Gasteiger partial charge in [0, 0.05) is 5.92 Å². The maximum atomic E-state index is 13.9. The van der Waals surface area contributed by atoms with E-state index in [2.05, 4.69) is 0 Å². The number of aliphatic carboxylic acids is 1. The van der Waals surface area contributed by atoms with Gasteiger partial charge in [0.1, 0.15) is 0 Å². The molecular weight excluding hydrogens is 258 g/mol. The van der Waals surface area contributed by atoms with Gasteiger partial charge in [0.05, 0.1) is 13.5 Å². The molecule has 0 radical (unpaired) electrons. The first-order valence-corrected chi connectivity index (χ1v) is 5.92. The van der Waals surface area contributed by atoms with Crippen molar-refractivity contribution < 1.29 is 28.5 Å². The van der Waals surface area contributed by atoms with Crippen molar-refractivity contribution in [1.82, 2.24) is 0 Å². The van der Waals surface area contributed by atoms with Crippen LogP contribution in [0.1, 0.15) is 30.7 Å². The molecule has 0 amide bonds. The lowest BCUT2D eigenvalue weighted by Crippen LogP contribution is -2.11. The number of halogens is 2. The topological polar surface area (TPSA) is 66.8 Å². The quantitative estimate of drug-likeness (QED) is 0.864. The zero-order valence-electron chi connectivity index (χ0n) is 10.3. The van der Waals surface area contributed by atoms with E-state index in [4.69, 9.17) is 9.84 Å². The Bertz CT molecular complexity index is 512. The fourth-order valence-electron chi connectivity index (χ4n) is 2.25. The summed E-state index contributed by atoms with van der Waals surface area (Å²) in [7, 11) is 1.20. The van der Waals surface area contributed by atoms with Crippen LogP contribution in [-0.2, 0) is 4.79 Å². The maximum absolute atomic E-state index is 13.9. The zero-order chi connectivity index (χ0) is 14.2. The third kappa shape index (κ3) is 2.62. The van der Waals surface area contributed by atoms with Gasteiger partial charge in [-0.2, -0.15) is 4.39 Å². The third-order valence-electron chi connectivity index (χ3n) is 3.38. The Labute approximate surface area is 108 Å². The van der Waals surface area contributed by atoms with E-state index < -0.39 is 29.3 Å². The molecule has 0 aliphatic heterocycles. The number of aromatic hydroxyl groups is 1. The average molecular weight is 272 g/mol. The van der Waals surface area contributed by atoms with Crippen LogP contribution in [0, 0.1) is 17.6 Å². The second-order valence-electron chi connectivity index (χ2n) is 4.69. The first-order chi connectivity index (χ1) is 8.95. The van der Waals surface area contributed by atoms with Gasteiger partial charge in [-0.1, -0.05) is 0 Å². The molecule has 1 aliphatic rings. The molecule has 6 heteroatoms. The molecule has 19 heavy (non-hydrogen) atoms. The summed E-state index contributed by atoms with van der Waals surface area (Å²) in [6.45, 7) is 0. The van der Waals surface area contributed by atoms with E-state index in [0.29, 0.717) is 0 Å². The van der Waals surface area contributed by atoms with Crippen molar-refractivity contribution in [2.75, 3.05) is 7.11 Å². The van der Waals surface area contributed by atoms with Crippen LogP contribution in [0.2, 0.25) is 0 Å². The Morgan fingerprint density at radius 3 is 2.58 bits per heavy atom. The summed E-state index contributed by atoms with van der Waals surface area (Å²) in [4.78, 5) is 10.8. The highest BCUT2D eigenvalue weighted by Crippen LogP contribution is 2.47. The Morgan fingerprint density at radius 1 is 1.47 bits per heavy atom. The second-order valence-corrected chi connectivity index (χ2v) is 4.69. The fourth-order valence-corrected chi connectivity index (χ4v) is 2.25. The molecule has 1 unspecified atom stereocenters. The molecule has 4 nitrogen and oxygen atoms in total. The summed E-state index contributed by atoms with van der Waals surface area (Å²) >= 11 is 0. The second kappa shape index (κ2) is 5.03. The summed E-state index contributed by atoms with van der Waals surface area (Å²) in [5.41, 5.74) is 0.000602. The number of hydrogen-bond donors (Lipinski definition) is 2. The molecule has 1 saturated carbocycles. The smallest absolute Gasteiger partial charge is 0.303 e. The van der Waals surface area contributed by atoms with Gasteiger partial charge in [-0.25, -0.2) is 4.39 Å². The number of carbonyl (C=O) groups is 1. The Kier molecular flexibility index (Phi) is 3.59. The Hall–Kier alpha value is -1.85. The lowest BCUT2D eigenvalue weighted by Gasteiger charge is -2.17.